The van der Waals surface area contributed by atoms with Crippen LogP contribution in [0.1, 0.15) is 152 Å². The van der Waals surface area contributed by atoms with Crippen LogP contribution in [-0.2, 0) is 0 Å². The third-order valence-electron chi connectivity index (χ3n) is 8.24. The first kappa shape index (κ1) is 34.1. The van der Waals surface area contributed by atoms with E-state index in [0.717, 1.165) is 17.8 Å². The Morgan fingerprint density at radius 3 is 1.27 bits per heavy atom. The molecule has 0 N–H and O–H groups in total. The molecule has 0 aliphatic rings. The normalized spacial score (nSPS) is 14.3. The van der Waals surface area contributed by atoms with Crippen molar-refractivity contribution < 1.29 is 0 Å². The molecule has 0 amide bonds. The van der Waals surface area contributed by atoms with Gasteiger partial charge in [0.05, 0.1) is 4.38 Å². The van der Waals surface area contributed by atoms with Gasteiger partial charge in [0, 0.05) is 5.30 Å². The molecule has 3 aromatic rings. The fourth-order valence-electron chi connectivity index (χ4n) is 5.61. The predicted molar refractivity (Wildman–Crippen MR) is 192 cm³/mol. The van der Waals surface area contributed by atoms with Crippen LogP contribution in [0.3, 0.4) is 0 Å². The molecule has 0 aromatic heterocycles. The molecule has 222 valence electrons. The Kier molecular flexibility index (Phi) is 11.6. The fraction of sp³-hybridized carbons (Fsp3) is 0.486. The van der Waals surface area contributed by atoms with Crippen molar-refractivity contribution in [2.24, 2.45) is 0 Å². The lowest BCUT2D eigenvalue weighted by Gasteiger charge is -2.33. The molecule has 0 aliphatic heterocycles. The third-order valence-corrected chi connectivity index (χ3v) is 17.1. The molecule has 0 saturated heterocycles. The van der Waals surface area contributed by atoms with Crippen LogP contribution in [0.4, 0.5) is 0 Å². The molecule has 0 spiro atoms. The highest BCUT2D eigenvalue weighted by Gasteiger charge is 2.44. The Labute approximate surface area is 263 Å². The molecule has 0 radical (unpaired) electrons. The molecule has 0 nitrogen and oxygen atoms in total. The van der Waals surface area contributed by atoms with Gasteiger partial charge in [0.1, 0.15) is 0 Å². The Morgan fingerprint density at radius 2 is 0.927 bits per heavy atom. The SMILES string of the molecule is CC(C)c1cc(C(C)C)c(P=C(Cl)[Si](Cl)(c2ccccc2)c2c(C(C)C)cc(C(C)C)cc2C(C)C)c(C(C)C)c1. The van der Waals surface area contributed by atoms with Crippen molar-refractivity contribution in [3.63, 3.8) is 0 Å². The lowest BCUT2D eigenvalue weighted by Crippen LogP contribution is -2.61. The van der Waals surface area contributed by atoms with Crippen LogP contribution < -0.4 is 15.7 Å². The molecule has 4 heteroatoms. The van der Waals surface area contributed by atoms with Gasteiger partial charge >= 0.3 is 0 Å². The molecule has 1 unspecified atom stereocenters. The van der Waals surface area contributed by atoms with Crippen LogP contribution in [0.25, 0.3) is 0 Å². The second kappa shape index (κ2) is 13.9. The van der Waals surface area contributed by atoms with Crippen molar-refractivity contribution in [3.8, 4) is 0 Å². The summed E-state index contributed by atoms with van der Waals surface area (Å²) in [5, 5.41) is 3.80. The first-order valence-electron chi connectivity index (χ1n) is 15.5. The summed E-state index contributed by atoms with van der Waals surface area (Å²) in [6, 6.07) is 20.4. The van der Waals surface area contributed by atoms with Gasteiger partial charge in [-0.25, -0.2) is 0 Å². The second-order valence-electron chi connectivity index (χ2n) is 13.5. The van der Waals surface area contributed by atoms with Gasteiger partial charge in [-0.1, -0.05) is 157 Å². The van der Waals surface area contributed by atoms with E-state index in [-0.39, 0.29) is 0 Å². The topological polar surface area (TPSA) is 0 Å². The highest BCUT2D eigenvalue weighted by atomic mass is 35.6. The maximum Gasteiger partial charge on any atom is 0.264 e. The van der Waals surface area contributed by atoms with Gasteiger partial charge in [-0.05, 0) is 79.3 Å². The van der Waals surface area contributed by atoms with Crippen LogP contribution in [0.5, 0.6) is 0 Å². The van der Waals surface area contributed by atoms with Crippen molar-refractivity contribution in [3.05, 3.63) is 88.0 Å². The number of halogens is 2. The van der Waals surface area contributed by atoms with Crippen LogP contribution in [0.2, 0.25) is 0 Å². The molecule has 3 rings (SSSR count). The molecule has 0 aliphatic carbocycles. The average Bonchev–Trinajstić information content (AvgIpc) is 2.91. The largest absolute Gasteiger partial charge is 0.264 e. The zero-order chi connectivity index (χ0) is 30.8. The summed E-state index contributed by atoms with van der Waals surface area (Å²) in [6.07, 6.45) is 0. The van der Waals surface area contributed by atoms with E-state index in [0.29, 0.717) is 35.5 Å². The summed E-state index contributed by atoms with van der Waals surface area (Å²) < 4.78 is 0.882. The van der Waals surface area contributed by atoms with Crippen LogP contribution in [0.15, 0.2) is 54.6 Å². The molecule has 0 fully saturated rings. The van der Waals surface area contributed by atoms with Crippen molar-refractivity contribution in [2.45, 2.75) is 119 Å². The minimum atomic E-state index is -3.07. The van der Waals surface area contributed by atoms with Crippen molar-refractivity contribution >= 4 is 58.3 Å². The fourth-order valence-corrected chi connectivity index (χ4v) is 13.6. The Balaban J connectivity index is 2.52. The van der Waals surface area contributed by atoms with Gasteiger partial charge in [-0.15, -0.1) is 11.1 Å². The minimum Gasteiger partial charge on any atom is -0.147 e. The number of benzene rings is 3. The van der Waals surface area contributed by atoms with Gasteiger partial charge in [-0.2, -0.15) is 0 Å². The maximum atomic E-state index is 8.23. The van der Waals surface area contributed by atoms with E-state index in [9.17, 15) is 0 Å². The molecule has 0 saturated carbocycles. The van der Waals surface area contributed by atoms with Gasteiger partial charge in [0.25, 0.3) is 7.38 Å². The smallest absolute Gasteiger partial charge is 0.147 e. The minimum absolute atomic E-state index is 0.333. The molecule has 0 bridgehead atoms. The monoisotopic (exact) mass is 624 g/mol. The first-order chi connectivity index (χ1) is 19.1. The maximum absolute atomic E-state index is 8.23. The number of rotatable bonds is 10. The van der Waals surface area contributed by atoms with E-state index < -0.39 is 7.38 Å². The van der Waals surface area contributed by atoms with E-state index in [1.807, 2.05) is 0 Å². The summed E-state index contributed by atoms with van der Waals surface area (Å²) in [4.78, 5) is 0. The lowest BCUT2D eigenvalue weighted by atomic mass is 9.89. The van der Waals surface area contributed by atoms with Gasteiger partial charge in [0.15, 0.2) is 0 Å². The standard InChI is InChI=1S/C37H51Cl2PSi/c1-22(2)28-18-31(24(5)6)35(32(19-28)25(7)8)40-37(38)41(39,30-16-14-13-15-17-30)36-33(26(9)10)20-29(23(3)4)21-34(36)27(11)12/h13-27H,1-12H3. The predicted octanol–water partition coefficient (Wildman–Crippen LogP) is 10.9. The molecule has 3 aromatic carbocycles. The Morgan fingerprint density at radius 1 is 0.561 bits per heavy atom. The Bertz CT molecular complexity index is 1310. The van der Waals surface area contributed by atoms with Gasteiger partial charge in [0.2, 0.25) is 0 Å². The van der Waals surface area contributed by atoms with Crippen molar-refractivity contribution in [1.82, 2.24) is 0 Å². The highest BCUT2D eigenvalue weighted by molar-refractivity contribution is 7.73. The summed E-state index contributed by atoms with van der Waals surface area (Å²) in [5.74, 6) is 2.37. The summed E-state index contributed by atoms with van der Waals surface area (Å²) >= 11 is 16.0. The quantitative estimate of drug-likeness (QED) is 0.119. The number of hydrogen-bond donors (Lipinski definition) is 0. The zero-order valence-electron chi connectivity index (χ0n) is 27.4. The highest BCUT2D eigenvalue weighted by Crippen LogP contribution is 2.34. The van der Waals surface area contributed by atoms with Crippen molar-refractivity contribution in [2.75, 3.05) is 0 Å². The van der Waals surface area contributed by atoms with E-state index in [2.05, 4.69) is 138 Å². The van der Waals surface area contributed by atoms with E-state index >= 15 is 0 Å². The average molecular weight is 626 g/mol. The molecular weight excluding hydrogens is 574 g/mol. The van der Waals surface area contributed by atoms with Crippen molar-refractivity contribution in [1.29, 1.82) is 0 Å². The van der Waals surface area contributed by atoms with Crippen LogP contribution in [0, 0.1) is 0 Å². The first-order valence-corrected chi connectivity index (χ1v) is 19.7. The summed E-state index contributed by atoms with van der Waals surface area (Å²) in [5.41, 5.74) is 8.26. The molecular formula is C37H51Cl2PSi. The summed E-state index contributed by atoms with van der Waals surface area (Å²) in [7, 11) is -2.03. The van der Waals surface area contributed by atoms with Crippen LogP contribution in [-0.4, -0.2) is 11.8 Å². The second-order valence-corrected chi connectivity index (χ2v) is 20.6. The van der Waals surface area contributed by atoms with Crippen LogP contribution >= 0.6 is 30.9 Å². The summed E-state index contributed by atoms with van der Waals surface area (Å²) in [6.45, 7) is 27.5. The number of hydrogen-bond acceptors (Lipinski definition) is 0. The van der Waals surface area contributed by atoms with Gasteiger partial charge < -0.3 is 0 Å². The molecule has 0 heterocycles. The van der Waals surface area contributed by atoms with Gasteiger partial charge in [-0.3, -0.25) is 0 Å². The third kappa shape index (κ3) is 7.24. The van der Waals surface area contributed by atoms with E-state index in [4.69, 9.17) is 22.7 Å². The lowest BCUT2D eigenvalue weighted by molar-refractivity contribution is 0.812. The molecule has 1 atom stereocenters. The Hall–Kier alpha value is -1.37. The van der Waals surface area contributed by atoms with E-state index in [1.54, 1.807) is 0 Å². The zero-order valence-corrected chi connectivity index (χ0v) is 30.8. The molecule has 41 heavy (non-hydrogen) atoms. The van der Waals surface area contributed by atoms with E-state index in [1.165, 1.54) is 43.9 Å².